The largest absolute Gasteiger partial charge is 0.325 e. The van der Waals surface area contributed by atoms with Crippen LogP contribution in [0.15, 0.2) is 47.4 Å². The summed E-state index contributed by atoms with van der Waals surface area (Å²) < 4.78 is 27.1. The molecule has 0 spiro atoms. The van der Waals surface area contributed by atoms with Crippen molar-refractivity contribution in [1.82, 2.24) is 9.21 Å². The molecule has 2 heterocycles. The maximum Gasteiger partial charge on any atom is 0.263 e. The first-order valence-electron chi connectivity index (χ1n) is 10.0. The number of hydrogen-bond donors (Lipinski definition) is 1. The maximum absolute atomic E-state index is 12.8. The van der Waals surface area contributed by atoms with Crippen LogP contribution in [0.25, 0.3) is 0 Å². The van der Waals surface area contributed by atoms with E-state index in [1.165, 1.54) is 11.4 Å². The second-order valence-corrected chi connectivity index (χ2v) is 9.82. The average Bonchev–Trinajstić information content (AvgIpc) is 2.99. The molecular formula is C22H23N3O5S. The summed E-state index contributed by atoms with van der Waals surface area (Å²) in [7, 11) is -2.20. The van der Waals surface area contributed by atoms with E-state index in [1.807, 2.05) is 6.92 Å². The molecule has 31 heavy (non-hydrogen) atoms. The SMILES string of the molecule is Cc1ccc(S(=O)(=O)N2CCC(C(=O)Nc3cccc4c3C(=O)N(C)C4=O)CC2)cc1. The van der Waals surface area contributed by atoms with Gasteiger partial charge < -0.3 is 5.32 Å². The third-order valence-corrected chi connectivity index (χ3v) is 7.77. The second kappa shape index (κ2) is 7.90. The van der Waals surface area contributed by atoms with Gasteiger partial charge in [0, 0.05) is 26.1 Å². The van der Waals surface area contributed by atoms with Gasteiger partial charge in [0.05, 0.1) is 21.7 Å². The highest BCUT2D eigenvalue weighted by molar-refractivity contribution is 7.89. The molecule has 0 saturated carbocycles. The molecule has 3 amide bonds. The minimum absolute atomic E-state index is 0.197. The molecule has 0 bridgehead atoms. The number of fused-ring (bicyclic) bond motifs is 1. The number of imide groups is 1. The highest BCUT2D eigenvalue weighted by Gasteiger charge is 2.36. The summed E-state index contributed by atoms with van der Waals surface area (Å²) in [6.07, 6.45) is 0.747. The molecule has 2 aromatic carbocycles. The van der Waals surface area contributed by atoms with Crippen molar-refractivity contribution in [2.24, 2.45) is 5.92 Å². The lowest BCUT2D eigenvalue weighted by atomic mass is 9.96. The van der Waals surface area contributed by atoms with E-state index < -0.39 is 21.8 Å². The molecule has 0 radical (unpaired) electrons. The number of amides is 3. The number of aryl methyl sites for hydroxylation is 1. The van der Waals surface area contributed by atoms with Crippen LogP contribution >= 0.6 is 0 Å². The third kappa shape index (κ3) is 3.75. The molecule has 1 saturated heterocycles. The first-order chi connectivity index (χ1) is 14.7. The zero-order valence-corrected chi connectivity index (χ0v) is 18.1. The second-order valence-electron chi connectivity index (χ2n) is 7.88. The van der Waals surface area contributed by atoms with Gasteiger partial charge in [0.15, 0.2) is 0 Å². The van der Waals surface area contributed by atoms with E-state index in [1.54, 1.807) is 42.5 Å². The number of nitrogens with one attached hydrogen (secondary N) is 1. The Morgan fingerprint density at radius 3 is 2.29 bits per heavy atom. The van der Waals surface area contributed by atoms with Crippen LogP contribution in [0.5, 0.6) is 0 Å². The number of benzene rings is 2. The Hall–Kier alpha value is -3.04. The summed E-state index contributed by atoms with van der Waals surface area (Å²) >= 11 is 0. The van der Waals surface area contributed by atoms with Gasteiger partial charge in [-0.25, -0.2) is 8.42 Å². The summed E-state index contributed by atoms with van der Waals surface area (Å²) in [5.74, 6) is -1.51. The Morgan fingerprint density at radius 1 is 1.00 bits per heavy atom. The molecule has 1 fully saturated rings. The van der Waals surface area contributed by atoms with Crippen LogP contribution in [-0.2, 0) is 14.8 Å². The molecule has 9 heteroatoms. The van der Waals surface area contributed by atoms with Gasteiger partial charge in [0.25, 0.3) is 11.8 Å². The molecule has 0 aliphatic carbocycles. The van der Waals surface area contributed by atoms with Crippen molar-refractivity contribution in [3.05, 3.63) is 59.2 Å². The standard InChI is InChI=1S/C22H23N3O5S/c1-14-6-8-16(9-7-14)31(29,30)25-12-10-15(11-13-25)20(26)23-18-5-3-4-17-19(18)22(28)24(2)21(17)27/h3-9,15H,10-13H2,1-2H3,(H,23,26). The van der Waals surface area contributed by atoms with Crippen molar-refractivity contribution in [2.45, 2.75) is 24.7 Å². The van der Waals surface area contributed by atoms with Gasteiger partial charge in [0.2, 0.25) is 15.9 Å². The lowest BCUT2D eigenvalue weighted by Crippen LogP contribution is -2.41. The third-order valence-electron chi connectivity index (χ3n) is 5.86. The molecule has 8 nitrogen and oxygen atoms in total. The van der Waals surface area contributed by atoms with Gasteiger partial charge in [-0.2, -0.15) is 4.31 Å². The van der Waals surface area contributed by atoms with Gasteiger partial charge in [-0.1, -0.05) is 23.8 Å². The van der Waals surface area contributed by atoms with Crippen LogP contribution in [0.2, 0.25) is 0 Å². The van der Waals surface area contributed by atoms with Gasteiger partial charge in [-0.3, -0.25) is 19.3 Å². The van der Waals surface area contributed by atoms with E-state index in [9.17, 15) is 22.8 Å². The van der Waals surface area contributed by atoms with E-state index in [2.05, 4.69) is 5.32 Å². The number of hydrogen-bond acceptors (Lipinski definition) is 5. The fourth-order valence-corrected chi connectivity index (χ4v) is 5.43. The van der Waals surface area contributed by atoms with Crippen molar-refractivity contribution in [3.8, 4) is 0 Å². The molecule has 4 rings (SSSR count). The Labute approximate surface area is 180 Å². The van der Waals surface area contributed by atoms with Gasteiger partial charge in [0.1, 0.15) is 0 Å². The molecular weight excluding hydrogens is 418 g/mol. The van der Waals surface area contributed by atoms with E-state index in [-0.39, 0.29) is 40.9 Å². The Balaban J connectivity index is 1.44. The van der Waals surface area contributed by atoms with Crippen molar-refractivity contribution < 1.29 is 22.8 Å². The zero-order chi connectivity index (χ0) is 22.3. The van der Waals surface area contributed by atoms with Crippen LogP contribution in [-0.4, -0.2) is 55.5 Å². The Kier molecular flexibility index (Phi) is 5.40. The summed E-state index contributed by atoms with van der Waals surface area (Å²) in [4.78, 5) is 38.6. The molecule has 0 atom stereocenters. The first-order valence-corrected chi connectivity index (χ1v) is 11.5. The monoisotopic (exact) mass is 441 g/mol. The predicted molar refractivity (Wildman–Crippen MR) is 114 cm³/mol. The molecule has 2 aliphatic rings. The lowest BCUT2D eigenvalue weighted by Gasteiger charge is -2.30. The van der Waals surface area contributed by atoms with Gasteiger partial charge in [-0.05, 0) is 44.0 Å². The maximum atomic E-state index is 12.8. The van der Waals surface area contributed by atoms with Gasteiger partial charge in [-0.15, -0.1) is 0 Å². The van der Waals surface area contributed by atoms with Crippen LogP contribution < -0.4 is 5.32 Å². The fraction of sp³-hybridized carbons (Fsp3) is 0.318. The predicted octanol–water partition coefficient (Wildman–Crippen LogP) is 2.26. The molecule has 1 N–H and O–H groups in total. The highest BCUT2D eigenvalue weighted by atomic mass is 32.2. The zero-order valence-electron chi connectivity index (χ0n) is 17.3. The number of carbonyl (C=O) groups excluding carboxylic acids is 3. The normalized spacial score (nSPS) is 17.7. The van der Waals surface area contributed by atoms with E-state index in [4.69, 9.17) is 0 Å². The van der Waals surface area contributed by atoms with Crippen molar-refractivity contribution in [2.75, 3.05) is 25.5 Å². The van der Waals surface area contributed by atoms with E-state index in [0.29, 0.717) is 18.5 Å². The number of rotatable bonds is 4. The lowest BCUT2D eigenvalue weighted by molar-refractivity contribution is -0.120. The van der Waals surface area contributed by atoms with Crippen LogP contribution in [0.4, 0.5) is 5.69 Å². The van der Waals surface area contributed by atoms with Gasteiger partial charge >= 0.3 is 0 Å². The summed E-state index contributed by atoms with van der Waals surface area (Å²) in [6, 6.07) is 11.5. The highest BCUT2D eigenvalue weighted by Crippen LogP contribution is 2.30. The molecule has 0 unspecified atom stereocenters. The molecule has 0 aromatic heterocycles. The number of anilines is 1. The summed E-state index contributed by atoms with van der Waals surface area (Å²) in [5, 5.41) is 2.77. The number of sulfonamides is 1. The van der Waals surface area contributed by atoms with Crippen LogP contribution in [0.1, 0.15) is 39.1 Å². The van der Waals surface area contributed by atoms with E-state index >= 15 is 0 Å². The Morgan fingerprint density at radius 2 is 1.65 bits per heavy atom. The molecule has 2 aromatic rings. The van der Waals surface area contributed by atoms with Crippen molar-refractivity contribution in [3.63, 3.8) is 0 Å². The minimum atomic E-state index is -3.60. The number of carbonyl (C=O) groups is 3. The number of nitrogens with zero attached hydrogens (tertiary/aromatic N) is 2. The van der Waals surface area contributed by atoms with E-state index in [0.717, 1.165) is 10.5 Å². The minimum Gasteiger partial charge on any atom is -0.325 e. The topological polar surface area (TPSA) is 104 Å². The first kappa shape index (κ1) is 21.2. The average molecular weight is 442 g/mol. The van der Waals surface area contributed by atoms with Crippen LogP contribution in [0.3, 0.4) is 0 Å². The van der Waals surface area contributed by atoms with Crippen molar-refractivity contribution in [1.29, 1.82) is 0 Å². The molecule has 162 valence electrons. The summed E-state index contributed by atoms with van der Waals surface area (Å²) in [6.45, 7) is 2.37. The van der Waals surface area contributed by atoms with Crippen molar-refractivity contribution >= 4 is 33.4 Å². The number of piperidine rings is 1. The Bertz CT molecular complexity index is 1170. The van der Waals surface area contributed by atoms with Crippen LogP contribution in [0, 0.1) is 12.8 Å². The quantitative estimate of drug-likeness (QED) is 0.733. The fourth-order valence-electron chi connectivity index (χ4n) is 3.96. The smallest absolute Gasteiger partial charge is 0.263 e. The summed E-state index contributed by atoms with van der Waals surface area (Å²) in [5.41, 5.74) is 1.75. The molecule has 2 aliphatic heterocycles.